The van der Waals surface area contributed by atoms with Gasteiger partial charge in [-0.3, -0.25) is 0 Å². The number of hydrogen-bond acceptors (Lipinski definition) is 4. The molecule has 380 valence electrons. The Hall–Kier alpha value is -8.99. The van der Waals surface area contributed by atoms with Gasteiger partial charge in [-0.05, 0) is 122 Å². The van der Waals surface area contributed by atoms with Crippen LogP contribution in [0.4, 0.5) is 11.4 Å². The van der Waals surface area contributed by atoms with Gasteiger partial charge >= 0.3 is 0 Å². The predicted molar refractivity (Wildman–Crippen MR) is 328 cm³/mol. The molecule has 1 aliphatic heterocycles. The summed E-state index contributed by atoms with van der Waals surface area (Å²) in [5.74, 6) is 2.16. The smallest absolute Gasteiger partial charge is 0.164 e. The van der Waals surface area contributed by atoms with Crippen molar-refractivity contribution in [2.24, 2.45) is 0 Å². The Balaban J connectivity index is 1.13. The molecule has 0 amide bonds. The molecule has 1 aliphatic rings. The van der Waals surface area contributed by atoms with E-state index in [1.54, 1.807) is 0 Å². The quantitative estimate of drug-likeness (QED) is 0.129. The van der Waals surface area contributed by atoms with Gasteiger partial charge in [0.15, 0.2) is 17.5 Å². The topological polar surface area (TPSA) is 41.9 Å². The predicted octanol–water partition coefficient (Wildman–Crippen LogP) is 19.8. The molecule has 4 nitrogen and oxygen atoms in total. The van der Waals surface area contributed by atoms with Crippen LogP contribution in [0.1, 0.15) is 70.6 Å². The summed E-state index contributed by atoms with van der Waals surface area (Å²) in [7, 11) is 0. The lowest BCUT2D eigenvalue weighted by Crippen LogP contribution is -2.36. The molecule has 0 fully saturated rings. The van der Waals surface area contributed by atoms with Crippen molar-refractivity contribution in [2.75, 3.05) is 4.90 Å². The first-order chi connectivity index (χ1) is 38.1. The summed E-state index contributed by atoms with van der Waals surface area (Å²) in [4.78, 5) is 18.9. The molecule has 0 saturated carbocycles. The Morgan fingerprint density at radius 3 is 1.24 bits per heavy atom. The van der Waals surface area contributed by atoms with Crippen LogP contribution < -0.4 is 4.90 Å². The van der Waals surface area contributed by atoms with E-state index in [-0.39, 0.29) is 11.5 Å². The monoisotopic (exact) mass is 1010 g/mol. The first kappa shape index (κ1) is 49.9. The standard InChI is InChI=1S/C74H64N4/c1-7-51-31-33-56(34-32-51)61-29-20-30-62(44-61)67-46-63(73-76-71(59-39-35-54(36-40-59)52-21-12-8-13-22-52)75-72(77-73)60-41-37-55(38-42-60)53-23-14-9-15-24-53)45-66(57-25-16-10-17-26-57)70(67)78-50(3)43-49(2)65-47-64(74(4,5)6)48-68(69(65)78)58-27-18-11-19-28-58/h8-42,44-50H,7,43H2,1-6H3. The van der Waals surface area contributed by atoms with E-state index in [2.05, 4.69) is 289 Å². The highest BCUT2D eigenvalue weighted by Gasteiger charge is 2.36. The molecule has 2 unspecified atom stereocenters. The van der Waals surface area contributed by atoms with Gasteiger partial charge in [0.05, 0.1) is 11.4 Å². The summed E-state index contributed by atoms with van der Waals surface area (Å²) >= 11 is 0. The maximum Gasteiger partial charge on any atom is 0.164 e. The number of aryl methyl sites for hydroxylation is 1. The first-order valence-electron chi connectivity index (χ1n) is 27.6. The summed E-state index contributed by atoms with van der Waals surface area (Å²) < 4.78 is 0. The molecule has 2 atom stereocenters. The van der Waals surface area contributed by atoms with Crippen LogP contribution in [0.5, 0.6) is 0 Å². The molecule has 0 radical (unpaired) electrons. The highest BCUT2D eigenvalue weighted by Crippen LogP contribution is 2.54. The number of hydrogen-bond donors (Lipinski definition) is 0. The molecule has 4 heteroatoms. The number of fused-ring (bicyclic) bond motifs is 1. The summed E-state index contributed by atoms with van der Waals surface area (Å²) in [6.07, 6.45) is 1.98. The van der Waals surface area contributed by atoms with Gasteiger partial charge in [-0.2, -0.15) is 0 Å². The third-order valence-corrected chi connectivity index (χ3v) is 15.7. The Morgan fingerprint density at radius 2 is 0.756 bits per heavy atom. The van der Waals surface area contributed by atoms with Gasteiger partial charge in [0.1, 0.15) is 0 Å². The number of anilines is 2. The van der Waals surface area contributed by atoms with Crippen molar-refractivity contribution in [2.45, 2.75) is 71.8 Å². The van der Waals surface area contributed by atoms with Crippen molar-refractivity contribution < 1.29 is 0 Å². The van der Waals surface area contributed by atoms with Crippen molar-refractivity contribution >= 4 is 11.4 Å². The second-order valence-electron chi connectivity index (χ2n) is 22.0. The van der Waals surface area contributed by atoms with Crippen molar-refractivity contribution in [1.82, 2.24) is 15.0 Å². The van der Waals surface area contributed by atoms with E-state index in [4.69, 9.17) is 15.0 Å². The number of aromatic nitrogens is 3. The highest BCUT2D eigenvalue weighted by molar-refractivity contribution is 6.01. The summed E-state index contributed by atoms with van der Waals surface area (Å²) in [6, 6.07) is 88.1. The molecule has 0 aliphatic carbocycles. The molecule has 1 aromatic heterocycles. The lowest BCUT2D eigenvalue weighted by Gasteiger charge is -2.44. The van der Waals surface area contributed by atoms with Gasteiger partial charge in [0.2, 0.25) is 0 Å². The SMILES string of the molecule is CCc1ccc(-c2cccc(-c3cc(-c4nc(-c5ccc(-c6ccccc6)cc5)nc(-c5ccc(-c6ccccc6)cc5)n4)cc(-c4ccccc4)c3N3c4c(-c5ccccc5)cc(C(C)(C)C)cc4C(C)CC3C)c2)cc1. The zero-order valence-corrected chi connectivity index (χ0v) is 45.5. The Bertz CT molecular complexity index is 3780. The normalized spacial score (nSPS) is 14.3. The Kier molecular flexibility index (Phi) is 13.6. The van der Waals surface area contributed by atoms with E-state index in [0.717, 1.165) is 85.3 Å². The maximum atomic E-state index is 5.47. The van der Waals surface area contributed by atoms with E-state index in [9.17, 15) is 0 Å². The van der Waals surface area contributed by atoms with Gasteiger partial charge in [0, 0.05) is 39.4 Å². The molecule has 0 N–H and O–H groups in total. The van der Waals surface area contributed by atoms with E-state index < -0.39 is 0 Å². The van der Waals surface area contributed by atoms with Crippen LogP contribution >= 0.6 is 0 Å². The van der Waals surface area contributed by atoms with Crippen molar-refractivity contribution in [3.63, 3.8) is 0 Å². The highest BCUT2D eigenvalue weighted by atomic mass is 15.2. The van der Waals surface area contributed by atoms with Gasteiger partial charge in [-0.25, -0.2) is 15.0 Å². The van der Waals surface area contributed by atoms with Crippen molar-refractivity contribution in [3.8, 4) is 101 Å². The molecule has 2 heterocycles. The zero-order valence-electron chi connectivity index (χ0n) is 45.5. The molecule has 0 bridgehead atoms. The van der Waals surface area contributed by atoms with E-state index in [1.165, 1.54) is 39.1 Å². The number of nitrogens with zero attached hydrogens (tertiary/aromatic N) is 4. The molecular weight excluding hydrogens is 945 g/mol. The molecule has 10 aromatic carbocycles. The minimum Gasteiger partial charge on any atom is -0.337 e. The zero-order chi connectivity index (χ0) is 53.3. The third kappa shape index (κ3) is 9.98. The van der Waals surface area contributed by atoms with Crippen LogP contribution in [0.3, 0.4) is 0 Å². The van der Waals surface area contributed by atoms with Crippen LogP contribution in [0.15, 0.2) is 243 Å². The van der Waals surface area contributed by atoms with Gasteiger partial charge in [-0.15, -0.1) is 0 Å². The maximum absolute atomic E-state index is 5.47. The number of benzene rings is 10. The second kappa shape index (κ2) is 21.2. The summed E-state index contributed by atoms with van der Waals surface area (Å²) in [5.41, 5.74) is 23.0. The molecule has 11 aromatic rings. The lowest BCUT2D eigenvalue weighted by atomic mass is 9.77. The third-order valence-electron chi connectivity index (χ3n) is 15.7. The average Bonchev–Trinajstić information content (AvgIpc) is 3.64. The van der Waals surface area contributed by atoms with Gasteiger partial charge in [0.25, 0.3) is 0 Å². The van der Waals surface area contributed by atoms with Gasteiger partial charge in [-0.1, -0.05) is 253 Å². The van der Waals surface area contributed by atoms with Crippen molar-refractivity contribution in [1.29, 1.82) is 0 Å². The summed E-state index contributed by atoms with van der Waals surface area (Å²) in [5, 5.41) is 0. The first-order valence-corrected chi connectivity index (χ1v) is 27.6. The van der Waals surface area contributed by atoms with E-state index >= 15 is 0 Å². The fourth-order valence-corrected chi connectivity index (χ4v) is 11.4. The lowest BCUT2D eigenvalue weighted by molar-refractivity contribution is 0.541. The van der Waals surface area contributed by atoms with E-state index in [0.29, 0.717) is 23.4 Å². The summed E-state index contributed by atoms with van der Waals surface area (Å²) in [6.45, 7) is 14.1. The fourth-order valence-electron chi connectivity index (χ4n) is 11.4. The Labute approximate surface area is 460 Å². The molecular formula is C74H64N4. The van der Waals surface area contributed by atoms with Crippen LogP contribution in [0.2, 0.25) is 0 Å². The average molecular weight is 1010 g/mol. The molecule has 0 spiro atoms. The van der Waals surface area contributed by atoms with Crippen LogP contribution in [-0.4, -0.2) is 21.0 Å². The van der Waals surface area contributed by atoms with E-state index in [1.807, 2.05) is 0 Å². The van der Waals surface area contributed by atoms with Crippen LogP contribution in [0, 0.1) is 0 Å². The van der Waals surface area contributed by atoms with Crippen molar-refractivity contribution in [3.05, 3.63) is 259 Å². The largest absolute Gasteiger partial charge is 0.337 e. The Morgan fingerprint density at radius 1 is 0.372 bits per heavy atom. The molecule has 0 saturated heterocycles. The minimum atomic E-state index is -0.0555. The second-order valence-corrected chi connectivity index (χ2v) is 22.0. The van der Waals surface area contributed by atoms with Crippen LogP contribution in [0.25, 0.3) is 101 Å². The van der Waals surface area contributed by atoms with Gasteiger partial charge < -0.3 is 4.90 Å². The minimum absolute atomic E-state index is 0.0555. The van der Waals surface area contributed by atoms with Crippen LogP contribution in [-0.2, 0) is 11.8 Å². The fraction of sp³-hybridized carbons (Fsp3) is 0.149. The molecule has 78 heavy (non-hydrogen) atoms. The molecule has 12 rings (SSSR count). The number of rotatable bonds is 11.